The number of hydrogen-bond acceptors (Lipinski definition) is 3. The fourth-order valence-corrected chi connectivity index (χ4v) is 5.40. The highest BCUT2D eigenvalue weighted by Crippen LogP contribution is 2.53. The molecule has 5 aromatic rings. The minimum atomic E-state index is -1.45. The smallest absolute Gasteiger partial charge is 0.261 e. The lowest BCUT2D eigenvalue weighted by Gasteiger charge is -2.44. The Kier molecular flexibility index (Phi) is 4.90. The molecule has 0 aliphatic carbocycles. The molecule has 6 rings (SSSR count). The molecular weight excluding hydrogens is 432 g/mol. The Balaban J connectivity index is 1.75. The summed E-state index contributed by atoms with van der Waals surface area (Å²) >= 11 is 0. The van der Waals surface area contributed by atoms with E-state index in [2.05, 4.69) is 36.4 Å². The minimum Gasteiger partial charge on any atom is -0.466 e. The lowest BCUT2D eigenvalue weighted by atomic mass is 9.75. The van der Waals surface area contributed by atoms with E-state index in [1.165, 1.54) is 0 Å². The molecule has 4 aromatic carbocycles. The summed E-state index contributed by atoms with van der Waals surface area (Å²) in [4.78, 5) is 16.6. The second-order valence-electron chi connectivity index (χ2n) is 8.75. The molecule has 0 spiro atoms. The molecule has 1 atom stereocenters. The molecule has 4 heteroatoms. The lowest BCUT2D eigenvalue weighted by Crippen LogP contribution is -2.56. The highest BCUT2D eigenvalue weighted by atomic mass is 16.3. The Morgan fingerprint density at radius 2 is 1.11 bits per heavy atom. The molecule has 0 radical (unpaired) electrons. The maximum atomic E-state index is 14.7. The summed E-state index contributed by atoms with van der Waals surface area (Å²) in [5.41, 5.74) is 8.95. The number of nitrogens with two attached hydrogens (primary N) is 1. The maximum absolute atomic E-state index is 14.7. The molecule has 1 aromatic heterocycles. The summed E-state index contributed by atoms with van der Waals surface area (Å²) in [6.45, 7) is 0. The van der Waals surface area contributed by atoms with Gasteiger partial charge < -0.3 is 10.2 Å². The molecule has 35 heavy (non-hydrogen) atoms. The fourth-order valence-electron chi connectivity index (χ4n) is 5.40. The first kappa shape index (κ1) is 21.1. The molecule has 2 N–H and O–H groups in total. The van der Waals surface area contributed by atoms with Crippen molar-refractivity contribution >= 4 is 11.6 Å². The Morgan fingerprint density at radius 1 is 0.629 bits per heavy atom. The van der Waals surface area contributed by atoms with Gasteiger partial charge in [-0.3, -0.25) is 9.69 Å². The Hall–Kier alpha value is -4.41. The third-order valence-corrected chi connectivity index (χ3v) is 6.93. The van der Waals surface area contributed by atoms with Crippen molar-refractivity contribution in [3.63, 3.8) is 0 Å². The normalized spacial score (nSPS) is 17.4. The fraction of sp³-hybridized carbons (Fsp3) is 0.0645. The Morgan fingerprint density at radius 3 is 1.60 bits per heavy atom. The van der Waals surface area contributed by atoms with Crippen LogP contribution in [0.25, 0.3) is 0 Å². The first-order valence-electron chi connectivity index (χ1n) is 11.6. The van der Waals surface area contributed by atoms with Crippen molar-refractivity contribution in [2.45, 2.75) is 11.1 Å². The van der Waals surface area contributed by atoms with Gasteiger partial charge in [0.2, 0.25) is 0 Å². The van der Waals surface area contributed by atoms with Crippen LogP contribution in [0.5, 0.6) is 0 Å². The topological polar surface area (TPSA) is 59.5 Å². The van der Waals surface area contributed by atoms with Gasteiger partial charge in [0, 0.05) is 5.56 Å². The van der Waals surface area contributed by atoms with E-state index in [1.807, 2.05) is 83.8 Å². The van der Waals surface area contributed by atoms with Crippen LogP contribution in [0.4, 0.5) is 5.69 Å². The van der Waals surface area contributed by atoms with Crippen molar-refractivity contribution in [2.24, 2.45) is 5.73 Å². The number of carbonyl (C=O) groups excluding carboxylic acids is 1. The molecule has 1 amide bonds. The zero-order chi connectivity index (χ0) is 23.9. The molecule has 0 unspecified atom stereocenters. The quantitative estimate of drug-likeness (QED) is 0.339. The first-order valence-corrected chi connectivity index (χ1v) is 11.6. The number of carbonyl (C=O) groups is 1. The third kappa shape index (κ3) is 2.94. The van der Waals surface area contributed by atoms with Crippen LogP contribution in [-0.2, 0) is 15.9 Å². The van der Waals surface area contributed by atoms with Gasteiger partial charge in [-0.1, -0.05) is 109 Å². The van der Waals surface area contributed by atoms with Crippen LogP contribution in [-0.4, -0.2) is 5.91 Å². The molecule has 0 saturated carbocycles. The Bertz CT molecular complexity index is 1370. The van der Waals surface area contributed by atoms with E-state index < -0.39 is 11.1 Å². The van der Waals surface area contributed by atoms with E-state index >= 15 is 0 Å². The number of rotatable bonds is 5. The zero-order valence-corrected chi connectivity index (χ0v) is 19.0. The van der Waals surface area contributed by atoms with Crippen molar-refractivity contribution in [3.05, 3.63) is 162 Å². The highest BCUT2D eigenvalue weighted by molar-refractivity contribution is 6.11. The van der Waals surface area contributed by atoms with Crippen molar-refractivity contribution in [2.75, 3.05) is 4.90 Å². The molecule has 1 aliphatic rings. The molecule has 4 nitrogen and oxygen atoms in total. The molecule has 170 valence electrons. The predicted molar refractivity (Wildman–Crippen MR) is 137 cm³/mol. The summed E-state index contributed by atoms with van der Waals surface area (Å²) in [6, 6.07) is 41.7. The van der Waals surface area contributed by atoms with E-state index in [4.69, 9.17) is 10.2 Å². The summed E-state index contributed by atoms with van der Waals surface area (Å²) in [5.74, 6) is 0.172. The van der Waals surface area contributed by atoms with Crippen LogP contribution >= 0.6 is 0 Å². The van der Waals surface area contributed by atoms with Crippen LogP contribution in [0, 0.1) is 0 Å². The lowest BCUT2D eigenvalue weighted by molar-refractivity contribution is -0.123. The largest absolute Gasteiger partial charge is 0.466 e. The van der Waals surface area contributed by atoms with Gasteiger partial charge in [-0.15, -0.1) is 0 Å². The average Bonchev–Trinajstić information content (AvgIpc) is 3.55. The number of amides is 1. The van der Waals surface area contributed by atoms with E-state index in [0.29, 0.717) is 11.3 Å². The molecule has 0 fully saturated rings. The van der Waals surface area contributed by atoms with Gasteiger partial charge in [0.25, 0.3) is 5.91 Å². The number of fused-ring (bicyclic) bond motifs is 1. The number of benzene rings is 4. The van der Waals surface area contributed by atoms with Crippen LogP contribution in [0.15, 0.2) is 138 Å². The van der Waals surface area contributed by atoms with Gasteiger partial charge in [0.15, 0.2) is 5.54 Å². The second kappa shape index (κ2) is 8.12. The van der Waals surface area contributed by atoms with Crippen molar-refractivity contribution in [1.82, 2.24) is 0 Å². The van der Waals surface area contributed by atoms with Gasteiger partial charge in [-0.25, -0.2) is 0 Å². The number of hydrogen-bond donors (Lipinski definition) is 1. The van der Waals surface area contributed by atoms with Crippen LogP contribution < -0.4 is 10.6 Å². The van der Waals surface area contributed by atoms with E-state index in [9.17, 15) is 4.79 Å². The van der Waals surface area contributed by atoms with Gasteiger partial charge in [0.05, 0.1) is 12.0 Å². The molecular formula is C31H24N2O2. The van der Waals surface area contributed by atoms with Crippen molar-refractivity contribution < 1.29 is 9.21 Å². The Labute approximate surface area is 204 Å². The molecule has 0 saturated heterocycles. The number of nitrogens with zero attached hydrogens (tertiary/aromatic N) is 1. The standard InChI is InChI=1S/C31H24N2O2/c32-30(28-21-12-22-35-28)26-19-10-11-20-27(26)33(29(30)34)31(23-13-4-1-5-14-23,24-15-6-2-7-16-24)25-17-8-3-9-18-25/h1-22H,32H2/t30-/m0/s1. The summed E-state index contributed by atoms with van der Waals surface area (Å²) in [6.07, 6.45) is 1.56. The molecule has 0 bridgehead atoms. The predicted octanol–water partition coefficient (Wildman–Crippen LogP) is 5.82. The van der Waals surface area contributed by atoms with E-state index in [1.54, 1.807) is 18.4 Å². The number of furan rings is 1. The number of anilines is 1. The summed E-state index contributed by atoms with van der Waals surface area (Å²) in [7, 11) is 0. The van der Waals surface area contributed by atoms with Gasteiger partial charge in [0.1, 0.15) is 11.3 Å². The minimum absolute atomic E-state index is 0.245. The third-order valence-electron chi connectivity index (χ3n) is 6.93. The first-order chi connectivity index (χ1) is 17.2. The SMILES string of the molecule is N[C@@]1(c2ccco2)C(=O)N(C(c2ccccc2)(c2ccccc2)c2ccccc2)c2ccccc21. The van der Waals surface area contributed by atoms with Crippen LogP contribution in [0.3, 0.4) is 0 Å². The van der Waals surface area contributed by atoms with Gasteiger partial charge >= 0.3 is 0 Å². The second-order valence-corrected chi connectivity index (χ2v) is 8.75. The van der Waals surface area contributed by atoms with Crippen molar-refractivity contribution in [1.29, 1.82) is 0 Å². The van der Waals surface area contributed by atoms with Crippen molar-refractivity contribution in [3.8, 4) is 0 Å². The molecule has 1 aliphatic heterocycles. The van der Waals surface area contributed by atoms with Crippen LogP contribution in [0.2, 0.25) is 0 Å². The summed E-state index contributed by atoms with van der Waals surface area (Å²) < 4.78 is 5.75. The van der Waals surface area contributed by atoms with E-state index in [0.717, 1.165) is 22.4 Å². The highest BCUT2D eigenvalue weighted by Gasteiger charge is 2.58. The molecule has 2 heterocycles. The summed E-state index contributed by atoms with van der Waals surface area (Å²) in [5, 5.41) is 0. The average molecular weight is 457 g/mol. The zero-order valence-electron chi connectivity index (χ0n) is 19.0. The monoisotopic (exact) mass is 456 g/mol. The van der Waals surface area contributed by atoms with E-state index in [-0.39, 0.29) is 5.91 Å². The van der Waals surface area contributed by atoms with Gasteiger partial charge in [-0.2, -0.15) is 0 Å². The van der Waals surface area contributed by atoms with Gasteiger partial charge in [-0.05, 0) is 34.9 Å². The maximum Gasteiger partial charge on any atom is 0.261 e. The van der Waals surface area contributed by atoms with Crippen LogP contribution in [0.1, 0.15) is 28.0 Å². The number of para-hydroxylation sites is 1.